The maximum atomic E-state index is 10.7. The minimum Gasteiger partial charge on any atom is -0.479 e. The van der Waals surface area contributed by atoms with Gasteiger partial charge >= 0.3 is 17.9 Å². The summed E-state index contributed by atoms with van der Waals surface area (Å²) in [5.74, 6) is -4.56. The Kier molecular flexibility index (Phi) is 2.16. The minimum absolute atomic E-state index is 0.269. The number of hydrogen-bond donors (Lipinski definition) is 4. The zero-order valence-electron chi connectivity index (χ0n) is 6.85. The fourth-order valence-electron chi connectivity index (χ4n) is 1.10. The van der Waals surface area contributed by atoms with Crippen LogP contribution in [-0.4, -0.2) is 38.8 Å². The van der Waals surface area contributed by atoms with E-state index in [0.717, 1.165) is 6.20 Å². The van der Waals surface area contributed by atoms with Gasteiger partial charge in [0.25, 0.3) is 0 Å². The van der Waals surface area contributed by atoms with Crippen molar-refractivity contribution in [1.29, 1.82) is 0 Å². The van der Waals surface area contributed by atoms with Crippen LogP contribution in [0.5, 0.6) is 0 Å². The molecule has 4 N–H and O–H groups in total. The average Bonchev–Trinajstić information content (AvgIpc) is 2.48. The van der Waals surface area contributed by atoms with Crippen LogP contribution in [0.2, 0.25) is 0 Å². The summed E-state index contributed by atoms with van der Waals surface area (Å²) >= 11 is 0. The van der Waals surface area contributed by atoms with Gasteiger partial charge in [-0.1, -0.05) is 0 Å². The Morgan fingerprint density at radius 2 is 1.71 bits per heavy atom. The van der Waals surface area contributed by atoms with Gasteiger partial charge in [-0.2, -0.15) is 0 Å². The van der Waals surface area contributed by atoms with E-state index in [2.05, 4.69) is 5.32 Å². The smallest absolute Gasteiger partial charge is 0.341 e. The molecule has 0 aromatic heterocycles. The highest BCUT2D eigenvalue weighted by Gasteiger charge is 2.50. The molecule has 76 valence electrons. The van der Waals surface area contributed by atoms with E-state index in [-0.39, 0.29) is 5.57 Å². The predicted octanol–water partition coefficient (Wildman–Crippen LogP) is -1.14. The van der Waals surface area contributed by atoms with Gasteiger partial charge in [-0.15, -0.1) is 0 Å². The van der Waals surface area contributed by atoms with Gasteiger partial charge < -0.3 is 20.6 Å². The van der Waals surface area contributed by atoms with E-state index in [1.54, 1.807) is 0 Å². The first-order chi connectivity index (χ1) is 6.40. The van der Waals surface area contributed by atoms with E-state index >= 15 is 0 Å². The molecule has 0 aromatic rings. The first-order valence-corrected chi connectivity index (χ1v) is 3.57. The summed E-state index contributed by atoms with van der Waals surface area (Å²) in [6.45, 7) is 0. The predicted molar refractivity (Wildman–Crippen MR) is 41.5 cm³/mol. The normalized spacial score (nSPS) is 18.1. The lowest BCUT2D eigenvalue weighted by atomic mass is 9.95. The number of hydrogen-bond acceptors (Lipinski definition) is 4. The molecule has 1 rings (SSSR count). The third-order valence-electron chi connectivity index (χ3n) is 1.95. The van der Waals surface area contributed by atoms with Crippen molar-refractivity contribution in [2.75, 3.05) is 0 Å². The summed E-state index contributed by atoms with van der Waals surface area (Å²) in [6.07, 6.45) is 0.317. The molecule has 1 heterocycles. The number of nitrogens with one attached hydrogen (secondary N) is 1. The molecular weight excluding hydrogens is 194 g/mol. The molecule has 0 saturated heterocycles. The van der Waals surface area contributed by atoms with Gasteiger partial charge in [-0.05, 0) is 0 Å². The van der Waals surface area contributed by atoms with E-state index in [9.17, 15) is 14.4 Å². The van der Waals surface area contributed by atoms with Gasteiger partial charge in [0.2, 0.25) is 5.54 Å². The quantitative estimate of drug-likeness (QED) is 0.425. The molecule has 0 unspecified atom stereocenters. The molecule has 7 nitrogen and oxygen atoms in total. The fourth-order valence-corrected chi connectivity index (χ4v) is 1.10. The zero-order valence-corrected chi connectivity index (χ0v) is 6.85. The number of carboxylic acids is 3. The highest BCUT2D eigenvalue weighted by atomic mass is 16.4. The second-order valence-electron chi connectivity index (χ2n) is 2.81. The lowest BCUT2D eigenvalue weighted by molar-refractivity contribution is -0.157. The van der Waals surface area contributed by atoms with Crippen LogP contribution in [0, 0.1) is 0 Å². The van der Waals surface area contributed by atoms with Gasteiger partial charge in [0.15, 0.2) is 0 Å². The van der Waals surface area contributed by atoms with Gasteiger partial charge in [-0.3, -0.25) is 0 Å². The molecule has 0 radical (unpaired) electrons. The van der Waals surface area contributed by atoms with Crippen molar-refractivity contribution in [2.45, 2.75) is 12.0 Å². The molecule has 14 heavy (non-hydrogen) atoms. The monoisotopic (exact) mass is 201 g/mol. The van der Waals surface area contributed by atoms with Crippen LogP contribution in [0.25, 0.3) is 0 Å². The SMILES string of the molecule is O=C(O)C1=CNC(C(=O)O)(C(=O)O)C1. The molecule has 0 amide bonds. The molecule has 0 bridgehead atoms. The van der Waals surface area contributed by atoms with Crippen molar-refractivity contribution in [1.82, 2.24) is 5.32 Å². The number of aliphatic carboxylic acids is 3. The van der Waals surface area contributed by atoms with Crippen molar-refractivity contribution in [3.8, 4) is 0 Å². The van der Waals surface area contributed by atoms with Crippen molar-refractivity contribution in [3.05, 3.63) is 11.8 Å². The Morgan fingerprint density at radius 1 is 1.21 bits per heavy atom. The molecule has 0 aromatic carbocycles. The van der Waals surface area contributed by atoms with Crippen LogP contribution in [0.1, 0.15) is 6.42 Å². The minimum atomic E-state index is -2.24. The lowest BCUT2D eigenvalue weighted by Crippen LogP contribution is -2.54. The van der Waals surface area contributed by atoms with Crippen molar-refractivity contribution in [3.63, 3.8) is 0 Å². The van der Waals surface area contributed by atoms with E-state index in [1.165, 1.54) is 0 Å². The maximum absolute atomic E-state index is 10.7. The summed E-state index contributed by atoms with van der Waals surface area (Å²) in [4.78, 5) is 31.8. The van der Waals surface area contributed by atoms with Gasteiger partial charge in [0.1, 0.15) is 0 Å². The Bertz CT molecular complexity index is 330. The second-order valence-corrected chi connectivity index (χ2v) is 2.81. The van der Waals surface area contributed by atoms with E-state index in [0.29, 0.717) is 0 Å². The molecule has 0 aliphatic carbocycles. The summed E-state index contributed by atoms with van der Waals surface area (Å²) in [6, 6.07) is 0. The Hall–Kier alpha value is -2.05. The van der Waals surface area contributed by atoms with Crippen molar-refractivity contribution in [2.24, 2.45) is 0 Å². The number of rotatable bonds is 3. The van der Waals surface area contributed by atoms with Crippen molar-refractivity contribution < 1.29 is 29.7 Å². The van der Waals surface area contributed by atoms with Gasteiger partial charge in [-0.25, -0.2) is 14.4 Å². The second kappa shape index (κ2) is 3.02. The summed E-state index contributed by atoms with van der Waals surface area (Å²) in [7, 11) is 0. The zero-order chi connectivity index (χ0) is 10.9. The third-order valence-corrected chi connectivity index (χ3v) is 1.95. The number of carbonyl (C=O) groups is 3. The Morgan fingerprint density at radius 3 is 1.93 bits per heavy atom. The standard InChI is InChI=1S/C7H7NO6/c9-4(10)3-1-7(5(11)12,6(13)14)8-2-3/h2,8H,1H2,(H,9,10)(H,11,12)(H,13,14). The summed E-state index contributed by atoms with van der Waals surface area (Å²) in [5, 5.41) is 27.9. The topological polar surface area (TPSA) is 124 Å². The van der Waals surface area contributed by atoms with E-state index in [1.807, 2.05) is 0 Å². The van der Waals surface area contributed by atoms with Crippen LogP contribution in [0.4, 0.5) is 0 Å². The first kappa shape index (κ1) is 10.0. The first-order valence-electron chi connectivity index (χ1n) is 3.57. The van der Waals surface area contributed by atoms with Gasteiger partial charge in [0.05, 0.1) is 5.57 Å². The van der Waals surface area contributed by atoms with Crippen LogP contribution in [0.15, 0.2) is 11.8 Å². The summed E-state index contributed by atoms with van der Waals surface area (Å²) < 4.78 is 0. The highest BCUT2D eigenvalue weighted by Crippen LogP contribution is 2.23. The molecule has 0 spiro atoms. The van der Waals surface area contributed by atoms with Crippen LogP contribution < -0.4 is 5.32 Å². The van der Waals surface area contributed by atoms with E-state index in [4.69, 9.17) is 15.3 Å². The molecule has 7 heteroatoms. The molecule has 1 aliphatic heterocycles. The third kappa shape index (κ3) is 1.28. The summed E-state index contributed by atoms with van der Waals surface area (Å²) in [5.41, 5.74) is -2.51. The molecule has 1 aliphatic rings. The molecular formula is C7H7NO6. The number of carboxylic acid groups (broad SMARTS) is 3. The lowest BCUT2D eigenvalue weighted by Gasteiger charge is -2.19. The largest absolute Gasteiger partial charge is 0.479 e. The maximum Gasteiger partial charge on any atom is 0.341 e. The average molecular weight is 201 g/mol. The fraction of sp³-hybridized carbons (Fsp3) is 0.286. The molecule has 0 saturated carbocycles. The van der Waals surface area contributed by atoms with Crippen LogP contribution >= 0.6 is 0 Å². The van der Waals surface area contributed by atoms with Crippen LogP contribution in [0.3, 0.4) is 0 Å². The Balaban J connectivity index is 2.96. The van der Waals surface area contributed by atoms with Crippen molar-refractivity contribution >= 4 is 17.9 Å². The Labute approximate surface area is 77.7 Å². The molecule has 0 atom stereocenters. The highest BCUT2D eigenvalue weighted by molar-refractivity contribution is 6.06. The molecule has 0 fully saturated rings. The van der Waals surface area contributed by atoms with E-state index < -0.39 is 29.9 Å². The van der Waals surface area contributed by atoms with Crippen LogP contribution in [-0.2, 0) is 14.4 Å². The van der Waals surface area contributed by atoms with Gasteiger partial charge in [0, 0.05) is 12.6 Å².